The summed E-state index contributed by atoms with van der Waals surface area (Å²) in [7, 11) is 0. The van der Waals surface area contributed by atoms with Crippen LogP contribution in [-0.2, 0) is 0 Å². The molecule has 1 heterocycles. The average Bonchev–Trinajstić information content (AvgIpc) is 2.33. The first kappa shape index (κ1) is 13.7. The number of nitrogens with zero attached hydrogens (tertiary/aromatic N) is 2. The molecule has 2 N–H and O–H groups in total. The van der Waals surface area contributed by atoms with Gasteiger partial charge in [-0.05, 0) is 18.2 Å². The molecule has 0 radical (unpaired) electrons. The number of benzene rings is 1. The molecule has 0 amide bonds. The van der Waals surface area contributed by atoms with Crippen LogP contribution in [0.2, 0.25) is 0 Å². The van der Waals surface area contributed by atoms with Gasteiger partial charge in [0.25, 0.3) is 0 Å². The van der Waals surface area contributed by atoms with Crippen molar-refractivity contribution in [3.05, 3.63) is 41.7 Å². The summed E-state index contributed by atoms with van der Waals surface area (Å²) in [6.07, 6.45) is 0. The number of hydrogen-bond donors (Lipinski definition) is 1. The Morgan fingerprint density at radius 3 is 2.58 bits per heavy atom. The maximum absolute atomic E-state index is 13.6. The topological polar surface area (TPSA) is 51.8 Å². The Morgan fingerprint density at radius 2 is 1.89 bits per heavy atom. The van der Waals surface area contributed by atoms with E-state index in [1.165, 1.54) is 0 Å². The summed E-state index contributed by atoms with van der Waals surface area (Å²) in [5.74, 6) is 0.0298. The van der Waals surface area contributed by atoms with Gasteiger partial charge in [-0.1, -0.05) is 25.6 Å². The highest BCUT2D eigenvalue weighted by atomic mass is 32.2. The van der Waals surface area contributed by atoms with Gasteiger partial charge in [0.05, 0.1) is 4.90 Å². The van der Waals surface area contributed by atoms with Crippen LogP contribution >= 0.6 is 11.8 Å². The number of nitrogens with two attached hydrogens (primary N) is 1. The largest absolute Gasteiger partial charge is 0.384 e. The molecular weight excluding hydrogens is 268 g/mol. The first-order valence-electron chi connectivity index (χ1n) is 5.73. The fraction of sp³-hybridized carbons (Fsp3) is 0.231. The first-order chi connectivity index (χ1) is 8.95. The third kappa shape index (κ3) is 3.41. The van der Waals surface area contributed by atoms with Gasteiger partial charge in [-0.25, -0.2) is 18.7 Å². The lowest BCUT2D eigenvalue weighted by Gasteiger charge is -2.08. The van der Waals surface area contributed by atoms with Gasteiger partial charge in [0.15, 0.2) is 0 Å². The van der Waals surface area contributed by atoms with E-state index in [2.05, 4.69) is 9.97 Å². The summed E-state index contributed by atoms with van der Waals surface area (Å²) in [6, 6.07) is 4.84. The van der Waals surface area contributed by atoms with Gasteiger partial charge in [-0.3, -0.25) is 0 Å². The first-order valence-corrected chi connectivity index (χ1v) is 6.54. The summed E-state index contributed by atoms with van der Waals surface area (Å²) in [5.41, 5.74) is 5.69. The molecule has 0 aliphatic rings. The smallest absolute Gasteiger partial charge is 0.137 e. The molecule has 2 rings (SSSR count). The molecule has 0 spiro atoms. The number of aromatic nitrogens is 2. The van der Waals surface area contributed by atoms with Crippen LogP contribution in [0.3, 0.4) is 0 Å². The van der Waals surface area contributed by atoms with Crippen LogP contribution in [0.1, 0.15) is 25.6 Å². The molecule has 0 bridgehead atoms. The lowest BCUT2D eigenvalue weighted by molar-refractivity contribution is 0.577. The summed E-state index contributed by atoms with van der Waals surface area (Å²) in [6.45, 7) is 3.87. The number of hydrogen-bond acceptors (Lipinski definition) is 4. The van der Waals surface area contributed by atoms with E-state index in [0.29, 0.717) is 16.7 Å². The molecule has 0 atom stereocenters. The number of nitrogen functional groups attached to an aromatic ring is 1. The molecule has 0 aliphatic heterocycles. The molecule has 6 heteroatoms. The second kappa shape index (κ2) is 5.52. The third-order valence-corrected chi connectivity index (χ3v) is 3.31. The summed E-state index contributed by atoms with van der Waals surface area (Å²) in [4.78, 5) is 8.56. The van der Waals surface area contributed by atoms with Crippen LogP contribution in [-0.4, -0.2) is 9.97 Å². The van der Waals surface area contributed by atoms with Gasteiger partial charge in [0.2, 0.25) is 0 Å². The van der Waals surface area contributed by atoms with Crippen molar-refractivity contribution in [1.82, 2.24) is 9.97 Å². The third-order valence-electron chi connectivity index (χ3n) is 2.36. The van der Waals surface area contributed by atoms with Gasteiger partial charge >= 0.3 is 0 Å². The Labute approximate surface area is 114 Å². The van der Waals surface area contributed by atoms with Gasteiger partial charge in [-0.2, -0.15) is 0 Å². The number of anilines is 1. The van der Waals surface area contributed by atoms with Crippen LogP contribution in [0.5, 0.6) is 0 Å². The minimum atomic E-state index is -0.491. The molecule has 2 aromatic rings. The zero-order chi connectivity index (χ0) is 14.0. The van der Waals surface area contributed by atoms with Crippen molar-refractivity contribution in [2.45, 2.75) is 29.7 Å². The van der Waals surface area contributed by atoms with Gasteiger partial charge in [0.1, 0.15) is 28.3 Å². The van der Waals surface area contributed by atoms with Gasteiger partial charge < -0.3 is 5.73 Å². The fourth-order valence-electron chi connectivity index (χ4n) is 1.44. The van der Waals surface area contributed by atoms with Crippen molar-refractivity contribution < 1.29 is 8.78 Å². The van der Waals surface area contributed by atoms with Crippen molar-refractivity contribution in [1.29, 1.82) is 0 Å². The highest BCUT2D eigenvalue weighted by molar-refractivity contribution is 7.99. The maximum atomic E-state index is 13.6. The van der Waals surface area contributed by atoms with Gasteiger partial charge in [0, 0.05) is 12.0 Å². The van der Waals surface area contributed by atoms with E-state index in [1.807, 2.05) is 13.8 Å². The molecule has 3 nitrogen and oxygen atoms in total. The molecule has 0 saturated carbocycles. The van der Waals surface area contributed by atoms with Crippen LogP contribution in [0, 0.1) is 11.6 Å². The van der Waals surface area contributed by atoms with E-state index in [4.69, 9.17) is 5.73 Å². The van der Waals surface area contributed by atoms with Crippen molar-refractivity contribution >= 4 is 17.6 Å². The second-order valence-corrected chi connectivity index (χ2v) is 5.38. The van der Waals surface area contributed by atoms with Crippen LogP contribution < -0.4 is 5.73 Å². The van der Waals surface area contributed by atoms with Crippen LogP contribution in [0.4, 0.5) is 14.6 Å². The van der Waals surface area contributed by atoms with Crippen LogP contribution in [0.25, 0.3) is 0 Å². The molecule has 19 heavy (non-hydrogen) atoms. The Balaban J connectivity index is 2.35. The number of halogens is 2. The SMILES string of the molecule is CC(C)c1nc(N)cc(Sc2cc(F)ccc2F)n1. The average molecular weight is 281 g/mol. The molecule has 0 fully saturated rings. The Morgan fingerprint density at radius 1 is 1.16 bits per heavy atom. The highest BCUT2D eigenvalue weighted by Gasteiger charge is 2.11. The maximum Gasteiger partial charge on any atom is 0.137 e. The molecule has 100 valence electrons. The standard InChI is InChI=1S/C13H13F2N3S/c1-7(2)13-17-11(16)6-12(18-13)19-10-5-8(14)3-4-9(10)15/h3-7H,1-2H3,(H2,16,17,18). The minimum Gasteiger partial charge on any atom is -0.384 e. The fourth-order valence-corrected chi connectivity index (χ4v) is 2.32. The molecule has 0 aliphatic carbocycles. The molecule has 0 saturated heterocycles. The Bertz CT molecular complexity index is 602. The zero-order valence-corrected chi connectivity index (χ0v) is 11.3. The Kier molecular flexibility index (Phi) is 3.99. The number of rotatable bonds is 3. The summed E-state index contributed by atoms with van der Waals surface area (Å²) >= 11 is 1.03. The zero-order valence-electron chi connectivity index (χ0n) is 10.5. The van der Waals surface area contributed by atoms with Crippen molar-refractivity contribution in [3.8, 4) is 0 Å². The molecular formula is C13H13F2N3S. The van der Waals surface area contributed by atoms with E-state index in [0.717, 1.165) is 30.0 Å². The van der Waals surface area contributed by atoms with E-state index in [-0.39, 0.29) is 10.8 Å². The van der Waals surface area contributed by atoms with E-state index >= 15 is 0 Å². The summed E-state index contributed by atoms with van der Waals surface area (Å²) < 4.78 is 26.7. The highest BCUT2D eigenvalue weighted by Crippen LogP contribution is 2.30. The van der Waals surface area contributed by atoms with E-state index < -0.39 is 11.6 Å². The lowest BCUT2D eigenvalue weighted by atomic mass is 10.2. The normalized spacial score (nSPS) is 11.0. The minimum absolute atomic E-state index is 0.111. The van der Waals surface area contributed by atoms with E-state index in [9.17, 15) is 8.78 Å². The van der Waals surface area contributed by atoms with Crippen LogP contribution in [0.15, 0.2) is 34.2 Å². The molecule has 1 aromatic carbocycles. The van der Waals surface area contributed by atoms with Gasteiger partial charge in [-0.15, -0.1) is 0 Å². The lowest BCUT2D eigenvalue weighted by Crippen LogP contribution is -2.02. The predicted molar refractivity (Wildman–Crippen MR) is 71.0 cm³/mol. The second-order valence-electron chi connectivity index (χ2n) is 4.32. The summed E-state index contributed by atoms with van der Waals surface area (Å²) in [5, 5.41) is 0.501. The van der Waals surface area contributed by atoms with E-state index in [1.54, 1.807) is 6.07 Å². The quantitative estimate of drug-likeness (QED) is 0.873. The Hall–Kier alpha value is -1.69. The monoisotopic (exact) mass is 281 g/mol. The van der Waals surface area contributed by atoms with Crippen molar-refractivity contribution in [2.75, 3.05) is 5.73 Å². The predicted octanol–water partition coefficient (Wildman–Crippen LogP) is 3.61. The molecule has 0 unspecified atom stereocenters. The van der Waals surface area contributed by atoms with Crippen molar-refractivity contribution in [3.63, 3.8) is 0 Å². The van der Waals surface area contributed by atoms with Crippen molar-refractivity contribution in [2.24, 2.45) is 0 Å². The molecule has 1 aromatic heterocycles.